The van der Waals surface area contributed by atoms with Crippen LogP contribution in [0.4, 0.5) is 10.8 Å². The summed E-state index contributed by atoms with van der Waals surface area (Å²) >= 11 is 1.54. The van der Waals surface area contributed by atoms with Gasteiger partial charge in [0.1, 0.15) is 0 Å². The molecule has 1 aliphatic rings. The lowest BCUT2D eigenvalue weighted by Crippen LogP contribution is -2.26. The van der Waals surface area contributed by atoms with Gasteiger partial charge in [-0.3, -0.25) is 4.79 Å². The Morgan fingerprint density at radius 1 is 1.04 bits per heavy atom. The molecule has 25 heavy (non-hydrogen) atoms. The van der Waals surface area contributed by atoms with Crippen LogP contribution in [0, 0.1) is 0 Å². The van der Waals surface area contributed by atoms with Crippen LogP contribution in [0.3, 0.4) is 0 Å². The van der Waals surface area contributed by atoms with E-state index in [4.69, 9.17) is 4.98 Å². The molecular weight excluding hydrogens is 330 g/mol. The van der Waals surface area contributed by atoms with Gasteiger partial charge in [0, 0.05) is 22.2 Å². The fraction of sp³-hybridized carbons (Fsp3) is 0.200. The summed E-state index contributed by atoms with van der Waals surface area (Å²) in [4.78, 5) is 18.0. The highest BCUT2D eigenvalue weighted by Gasteiger charge is 2.24. The zero-order valence-electron chi connectivity index (χ0n) is 13.7. The van der Waals surface area contributed by atoms with Crippen LogP contribution < -0.4 is 10.6 Å². The highest BCUT2D eigenvalue weighted by molar-refractivity contribution is 7.16. The molecule has 1 amide bonds. The fourth-order valence-electron chi connectivity index (χ4n) is 2.64. The number of aromatic nitrogens is 1. The molecule has 2 aromatic carbocycles. The summed E-state index contributed by atoms with van der Waals surface area (Å²) in [7, 11) is 0. The molecule has 0 unspecified atom stereocenters. The van der Waals surface area contributed by atoms with Gasteiger partial charge in [0.25, 0.3) is 0 Å². The molecular formula is C20H19N3OS. The number of hydrogen-bond acceptors (Lipinski definition) is 4. The van der Waals surface area contributed by atoms with Gasteiger partial charge in [-0.15, -0.1) is 11.3 Å². The molecule has 126 valence electrons. The van der Waals surface area contributed by atoms with E-state index in [1.54, 1.807) is 11.3 Å². The van der Waals surface area contributed by atoms with Crippen molar-refractivity contribution >= 4 is 28.1 Å². The van der Waals surface area contributed by atoms with Gasteiger partial charge in [-0.2, -0.15) is 0 Å². The maximum absolute atomic E-state index is 12.3. The third-order valence-corrected chi connectivity index (χ3v) is 5.00. The first-order valence-electron chi connectivity index (χ1n) is 8.44. The van der Waals surface area contributed by atoms with Gasteiger partial charge in [-0.25, -0.2) is 4.98 Å². The van der Waals surface area contributed by atoms with E-state index in [1.165, 1.54) is 0 Å². The van der Waals surface area contributed by atoms with Crippen molar-refractivity contribution in [3.63, 3.8) is 0 Å². The molecule has 0 bridgehead atoms. The van der Waals surface area contributed by atoms with Gasteiger partial charge in [-0.1, -0.05) is 48.5 Å². The molecule has 1 aliphatic carbocycles. The smallest absolute Gasteiger partial charge is 0.225 e. The Kier molecular flexibility index (Phi) is 4.48. The molecule has 0 radical (unpaired) electrons. The number of thiazole rings is 1. The molecule has 2 N–H and O–H groups in total. The monoisotopic (exact) mass is 349 g/mol. The predicted molar refractivity (Wildman–Crippen MR) is 102 cm³/mol. The van der Waals surface area contributed by atoms with Crippen LogP contribution in [-0.4, -0.2) is 16.9 Å². The first kappa shape index (κ1) is 15.8. The number of carbonyl (C=O) groups excluding carboxylic acids is 1. The van der Waals surface area contributed by atoms with Crippen LogP contribution in [0.5, 0.6) is 0 Å². The summed E-state index contributed by atoms with van der Waals surface area (Å²) < 4.78 is 0. The molecule has 1 aromatic heterocycles. The Morgan fingerprint density at radius 2 is 1.72 bits per heavy atom. The minimum Gasteiger partial charge on any atom is -0.353 e. The number of rotatable bonds is 6. The molecule has 0 spiro atoms. The average molecular weight is 349 g/mol. The second kappa shape index (κ2) is 7.07. The molecule has 1 saturated carbocycles. The molecule has 0 saturated heterocycles. The summed E-state index contributed by atoms with van der Waals surface area (Å²) in [6, 6.07) is 20.4. The number of nitrogens with zero attached hydrogens (tertiary/aromatic N) is 1. The average Bonchev–Trinajstić information content (AvgIpc) is 3.36. The zero-order valence-corrected chi connectivity index (χ0v) is 14.6. The minimum absolute atomic E-state index is 0.0783. The van der Waals surface area contributed by atoms with Crippen LogP contribution in [0.1, 0.15) is 17.7 Å². The first-order chi connectivity index (χ1) is 12.3. The van der Waals surface area contributed by atoms with Gasteiger partial charge in [0.2, 0.25) is 5.91 Å². The predicted octanol–water partition coefficient (Wildman–Crippen LogP) is 4.37. The zero-order chi connectivity index (χ0) is 17.1. The maximum Gasteiger partial charge on any atom is 0.225 e. The largest absolute Gasteiger partial charge is 0.353 e. The Bertz CT molecular complexity index is 857. The Hall–Kier alpha value is -2.66. The maximum atomic E-state index is 12.3. The van der Waals surface area contributed by atoms with Crippen LogP contribution >= 0.6 is 11.3 Å². The van der Waals surface area contributed by atoms with Crippen molar-refractivity contribution in [1.29, 1.82) is 0 Å². The van der Waals surface area contributed by atoms with E-state index in [2.05, 4.69) is 10.6 Å². The first-order valence-corrected chi connectivity index (χ1v) is 9.26. The van der Waals surface area contributed by atoms with E-state index in [0.717, 1.165) is 39.8 Å². The van der Waals surface area contributed by atoms with Crippen molar-refractivity contribution in [2.24, 2.45) is 0 Å². The standard InChI is InChI=1S/C20H19N3OS/c24-18(21-16-11-12-16)13-17-19(14-7-3-1-4-8-14)23-20(25-17)22-15-9-5-2-6-10-15/h1-10,16H,11-13H2,(H,21,24)(H,22,23). The van der Waals surface area contributed by atoms with Crippen LogP contribution in [-0.2, 0) is 11.2 Å². The Balaban J connectivity index is 1.61. The molecule has 4 rings (SSSR count). The van der Waals surface area contributed by atoms with Crippen LogP contribution in [0.25, 0.3) is 11.3 Å². The second-order valence-electron chi connectivity index (χ2n) is 6.17. The SMILES string of the molecule is O=C(Cc1sc(Nc2ccccc2)nc1-c1ccccc1)NC1CC1. The number of nitrogens with one attached hydrogen (secondary N) is 2. The van der Waals surface area contributed by atoms with E-state index >= 15 is 0 Å². The lowest BCUT2D eigenvalue weighted by atomic mass is 10.1. The summed E-state index contributed by atoms with van der Waals surface area (Å²) in [5, 5.41) is 7.20. The summed E-state index contributed by atoms with van der Waals surface area (Å²) in [6.45, 7) is 0. The third kappa shape index (κ3) is 4.06. The van der Waals surface area contributed by atoms with Crippen molar-refractivity contribution in [2.75, 3.05) is 5.32 Å². The summed E-state index contributed by atoms with van der Waals surface area (Å²) in [6.07, 6.45) is 2.57. The number of anilines is 2. The van der Waals surface area contributed by atoms with E-state index < -0.39 is 0 Å². The number of amides is 1. The lowest BCUT2D eigenvalue weighted by Gasteiger charge is -2.03. The third-order valence-electron chi connectivity index (χ3n) is 4.03. The lowest BCUT2D eigenvalue weighted by molar-refractivity contribution is -0.120. The quantitative estimate of drug-likeness (QED) is 0.694. The fourth-order valence-corrected chi connectivity index (χ4v) is 3.65. The molecule has 5 heteroatoms. The van der Waals surface area contributed by atoms with Gasteiger partial charge in [-0.05, 0) is 25.0 Å². The highest BCUT2D eigenvalue weighted by atomic mass is 32.1. The Morgan fingerprint density at radius 3 is 2.40 bits per heavy atom. The second-order valence-corrected chi connectivity index (χ2v) is 7.25. The molecule has 4 nitrogen and oxygen atoms in total. The summed E-state index contributed by atoms with van der Waals surface area (Å²) in [5.41, 5.74) is 2.91. The number of benzene rings is 2. The Labute approximate surface area is 150 Å². The van der Waals surface area contributed by atoms with E-state index in [1.807, 2.05) is 60.7 Å². The van der Waals surface area contributed by atoms with Crippen molar-refractivity contribution in [3.05, 3.63) is 65.5 Å². The highest BCUT2D eigenvalue weighted by Crippen LogP contribution is 2.33. The topological polar surface area (TPSA) is 54.0 Å². The summed E-state index contributed by atoms with van der Waals surface area (Å²) in [5.74, 6) is 0.0783. The van der Waals surface area contributed by atoms with Crippen molar-refractivity contribution in [3.8, 4) is 11.3 Å². The van der Waals surface area contributed by atoms with Gasteiger partial charge < -0.3 is 10.6 Å². The van der Waals surface area contributed by atoms with Crippen LogP contribution in [0.15, 0.2) is 60.7 Å². The van der Waals surface area contributed by atoms with E-state index in [0.29, 0.717) is 12.5 Å². The van der Waals surface area contributed by atoms with E-state index in [9.17, 15) is 4.79 Å². The molecule has 1 heterocycles. The molecule has 3 aromatic rings. The van der Waals surface area contributed by atoms with Crippen molar-refractivity contribution in [2.45, 2.75) is 25.3 Å². The van der Waals surface area contributed by atoms with Crippen molar-refractivity contribution < 1.29 is 4.79 Å². The minimum atomic E-state index is 0.0783. The van der Waals surface area contributed by atoms with Crippen molar-refractivity contribution in [1.82, 2.24) is 10.3 Å². The van der Waals surface area contributed by atoms with Gasteiger partial charge in [0.15, 0.2) is 5.13 Å². The van der Waals surface area contributed by atoms with Gasteiger partial charge in [0.05, 0.1) is 12.1 Å². The number of hydrogen-bond donors (Lipinski definition) is 2. The number of para-hydroxylation sites is 1. The molecule has 0 aliphatic heterocycles. The molecule has 0 atom stereocenters. The normalized spacial score (nSPS) is 13.4. The number of carbonyl (C=O) groups is 1. The van der Waals surface area contributed by atoms with Gasteiger partial charge >= 0.3 is 0 Å². The van der Waals surface area contributed by atoms with Crippen LogP contribution in [0.2, 0.25) is 0 Å². The van der Waals surface area contributed by atoms with E-state index in [-0.39, 0.29) is 5.91 Å². The molecule has 1 fully saturated rings.